The Morgan fingerprint density at radius 2 is 1.74 bits per heavy atom. The van der Waals surface area contributed by atoms with Crippen LogP contribution in [0, 0.1) is 0 Å². The number of nitrogens with zero attached hydrogens (tertiary/aromatic N) is 2. The number of nitrogens with one attached hydrogen (secondary N) is 2. The Bertz CT molecular complexity index is 600. The van der Waals surface area contributed by atoms with Gasteiger partial charge in [-0.3, -0.25) is 30.1 Å². The molecule has 1 fully saturated rings. The van der Waals surface area contributed by atoms with Gasteiger partial charge < -0.3 is 4.90 Å². The minimum absolute atomic E-state index is 0.0507. The molecule has 2 rings (SSSR count). The second-order valence-electron chi connectivity index (χ2n) is 5.26. The second-order valence-corrected chi connectivity index (χ2v) is 6.12. The summed E-state index contributed by atoms with van der Waals surface area (Å²) in [5.41, 5.74) is 5.25. The third-order valence-electron chi connectivity index (χ3n) is 3.62. The molecule has 0 radical (unpaired) electrons. The van der Waals surface area contributed by atoms with Crippen molar-refractivity contribution in [2.45, 2.75) is 6.92 Å². The van der Waals surface area contributed by atoms with E-state index in [1.54, 1.807) is 36.1 Å². The van der Waals surface area contributed by atoms with E-state index in [2.05, 4.69) is 26.8 Å². The Balaban J connectivity index is 1.75. The standard InChI is InChI=1S/C15H19BrN4O3/c1-11(21)20-8-6-19(7-9-20)10-14(22)17-18-15(23)12-4-2-3-5-13(12)16/h2-5H,6-10H2,1H3,(H,17,22)(H,18,23). The maximum absolute atomic E-state index is 12.0. The van der Waals surface area contributed by atoms with Crippen LogP contribution in [0.4, 0.5) is 0 Å². The number of hydrogen-bond donors (Lipinski definition) is 2. The number of hydrazine groups is 1. The van der Waals surface area contributed by atoms with E-state index in [0.29, 0.717) is 36.2 Å². The number of amides is 3. The first-order valence-corrected chi connectivity index (χ1v) is 8.08. The van der Waals surface area contributed by atoms with Crippen LogP contribution < -0.4 is 10.9 Å². The maximum atomic E-state index is 12.0. The van der Waals surface area contributed by atoms with Crippen molar-refractivity contribution < 1.29 is 14.4 Å². The van der Waals surface area contributed by atoms with Crippen molar-refractivity contribution in [1.29, 1.82) is 0 Å². The monoisotopic (exact) mass is 382 g/mol. The lowest BCUT2D eigenvalue weighted by Gasteiger charge is -2.33. The van der Waals surface area contributed by atoms with Gasteiger partial charge in [0, 0.05) is 37.6 Å². The third kappa shape index (κ3) is 5.04. The molecule has 0 unspecified atom stereocenters. The zero-order chi connectivity index (χ0) is 16.8. The molecule has 1 aliphatic rings. The number of rotatable bonds is 3. The summed E-state index contributed by atoms with van der Waals surface area (Å²) in [4.78, 5) is 38.8. The van der Waals surface area contributed by atoms with Gasteiger partial charge in [-0.05, 0) is 28.1 Å². The van der Waals surface area contributed by atoms with Gasteiger partial charge in [0.25, 0.3) is 11.8 Å². The fraction of sp³-hybridized carbons (Fsp3) is 0.400. The molecular formula is C15H19BrN4O3. The van der Waals surface area contributed by atoms with Gasteiger partial charge in [0.15, 0.2) is 0 Å². The van der Waals surface area contributed by atoms with Crippen molar-refractivity contribution in [3.63, 3.8) is 0 Å². The average molecular weight is 383 g/mol. The topological polar surface area (TPSA) is 81.8 Å². The first-order chi connectivity index (χ1) is 11.0. The predicted octanol–water partition coefficient (Wildman–Crippen LogP) is 0.374. The zero-order valence-electron chi connectivity index (χ0n) is 12.8. The lowest BCUT2D eigenvalue weighted by molar-refractivity contribution is -0.131. The van der Waals surface area contributed by atoms with Gasteiger partial charge in [0.1, 0.15) is 0 Å². The van der Waals surface area contributed by atoms with Crippen LogP contribution in [0.1, 0.15) is 17.3 Å². The molecule has 1 aliphatic heterocycles. The Kier molecular flexibility index (Phi) is 6.12. The van der Waals surface area contributed by atoms with E-state index in [1.165, 1.54) is 0 Å². The van der Waals surface area contributed by atoms with Crippen LogP contribution in [0.2, 0.25) is 0 Å². The van der Waals surface area contributed by atoms with Crippen LogP contribution >= 0.6 is 15.9 Å². The zero-order valence-corrected chi connectivity index (χ0v) is 14.4. The largest absolute Gasteiger partial charge is 0.340 e. The Morgan fingerprint density at radius 3 is 2.35 bits per heavy atom. The third-order valence-corrected chi connectivity index (χ3v) is 4.31. The van der Waals surface area contributed by atoms with Crippen molar-refractivity contribution in [2.75, 3.05) is 32.7 Å². The summed E-state index contributed by atoms with van der Waals surface area (Å²) < 4.78 is 0.659. The molecule has 2 N–H and O–H groups in total. The molecule has 7 nitrogen and oxygen atoms in total. The van der Waals surface area contributed by atoms with Crippen LogP contribution in [-0.2, 0) is 9.59 Å². The van der Waals surface area contributed by atoms with Gasteiger partial charge in [0.05, 0.1) is 12.1 Å². The molecule has 0 aliphatic carbocycles. The fourth-order valence-corrected chi connectivity index (χ4v) is 2.77. The van der Waals surface area contributed by atoms with Gasteiger partial charge in [-0.1, -0.05) is 12.1 Å². The molecule has 0 atom stereocenters. The van der Waals surface area contributed by atoms with Crippen molar-refractivity contribution in [3.05, 3.63) is 34.3 Å². The molecule has 0 bridgehead atoms. The summed E-state index contributed by atoms with van der Waals surface area (Å²) in [5, 5.41) is 0. The molecule has 1 aromatic rings. The van der Waals surface area contributed by atoms with Crippen molar-refractivity contribution in [3.8, 4) is 0 Å². The molecule has 0 spiro atoms. The highest BCUT2D eigenvalue weighted by Crippen LogP contribution is 2.15. The highest BCUT2D eigenvalue weighted by atomic mass is 79.9. The van der Waals surface area contributed by atoms with Crippen LogP contribution in [0.3, 0.4) is 0 Å². The van der Waals surface area contributed by atoms with E-state index in [0.717, 1.165) is 0 Å². The number of carbonyl (C=O) groups excluding carboxylic acids is 3. The Morgan fingerprint density at radius 1 is 1.09 bits per heavy atom. The number of benzene rings is 1. The minimum atomic E-state index is -0.382. The maximum Gasteiger partial charge on any atom is 0.270 e. The number of piperazine rings is 1. The summed E-state index contributed by atoms with van der Waals surface area (Å²) in [7, 11) is 0. The molecule has 3 amide bonds. The van der Waals surface area contributed by atoms with E-state index in [4.69, 9.17) is 0 Å². The quantitative estimate of drug-likeness (QED) is 0.740. The van der Waals surface area contributed by atoms with E-state index in [-0.39, 0.29) is 24.3 Å². The summed E-state index contributed by atoms with van der Waals surface area (Å²) in [6.45, 7) is 4.25. The molecular weight excluding hydrogens is 364 g/mol. The smallest absolute Gasteiger partial charge is 0.270 e. The first kappa shape index (κ1) is 17.4. The van der Waals surface area contributed by atoms with Crippen LogP contribution in [0.25, 0.3) is 0 Å². The van der Waals surface area contributed by atoms with Crippen LogP contribution in [0.15, 0.2) is 28.7 Å². The van der Waals surface area contributed by atoms with E-state index >= 15 is 0 Å². The Labute approximate surface area is 143 Å². The van der Waals surface area contributed by atoms with Gasteiger partial charge in [-0.2, -0.15) is 0 Å². The highest BCUT2D eigenvalue weighted by molar-refractivity contribution is 9.10. The summed E-state index contributed by atoms with van der Waals surface area (Å²) in [5.74, 6) is -0.622. The van der Waals surface area contributed by atoms with Gasteiger partial charge in [0.2, 0.25) is 5.91 Å². The normalized spacial score (nSPS) is 15.1. The summed E-state index contributed by atoms with van der Waals surface area (Å²) >= 11 is 3.29. The first-order valence-electron chi connectivity index (χ1n) is 7.29. The van der Waals surface area contributed by atoms with Crippen LogP contribution in [-0.4, -0.2) is 60.2 Å². The number of halogens is 1. The SMILES string of the molecule is CC(=O)N1CCN(CC(=O)NNC(=O)c2ccccc2Br)CC1. The fourth-order valence-electron chi connectivity index (χ4n) is 2.30. The van der Waals surface area contributed by atoms with Gasteiger partial charge in [-0.25, -0.2) is 0 Å². The average Bonchev–Trinajstić information content (AvgIpc) is 2.53. The molecule has 8 heteroatoms. The van der Waals surface area contributed by atoms with Gasteiger partial charge >= 0.3 is 0 Å². The van der Waals surface area contributed by atoms with Crippen molar-refractivity contribution in [2.24, 2.45) is 0 Å². The molecule has 23 heavy (non-hydrogen) atoms. The van der Waals surface area contributed by atoms with E-state index in [9.17, 15) is 14.4 Å². The van der Waals surface area contributed by atoms with Crippen LogP contribution in [0.5, 0.6) is 0 Å². The molecule has 0 aromatic heterocycles. The summed E-state index contributed by atoms with van der Waals surface area (Å²) in [6.07, 6.45) is 0. The lowest BCUT2D eigenvalue weighted by atomic mass is 10.2. The molecule has 124 valence electrons. The summed E-state index contributed by atoms with van der Waals surface area (Å²) in [6, 6.07) is 6.97. The molecule has 1 heterocycles. The predicted molar refractivity (Wildman–Crippen MR) is 88.4 cm³/mol. The van der Waals surface area contributed by atoms with E-state index < -0.39 is 0 Å². The molecule has 1 saturated heterocycles. The van der Waals surface area contributed by atoms with Crippen molar-refractivity contribution in [1.82, 2.24) is 20.7 Å². The second kappa shape index (κ2) is 8.07. The van der Waals surface area contributed by atoms with Crippen molar-refractivity contribution >= 4 is 33.7 Å². The Hall–Kier alpha value is -1.93. The molecule has 1 aromatic carbocycles. The minimum Gasteiger partial charge on any atom is -0.340 e. The molecule has 0 saturated carbocycles. The number of carbonyl (C=O) groups is 3. The highest BCUT2D eigenvalue weighted by Gasteiger charge is 2.20. The lowest BCUT2D eigenvalue weighted by Crippen LogP contribution is -2.52. The van der Waals surface area contributed by atoms with Gasteiger partial charge in [-0.15, -0.1) is 0 Å². The number of hydrogen-bond acceptors (Lipinski definition) is 4. The van der Waals surface area contributed by atoms with E-state index in [1.807, 2.05) is 4.90 Å².